The average molecular weight is 887 g/mol. The van der Waals surface area contributed by atoms with Gasteiger partial charge in [0.2, 0.25) is 0 Å². The number of rotatable bonds is 45. The Morgan fingerprint density at radius 3 is 1.05 bits per heavy atom. The Morgan fingerprint density at radius 2 is 0.726 bits per heavy atom. The summed E-state index contributed by atoms with van der Waals surface area (Å²) >= 11 is 0. The number of unbranched alkanes of at least 4 members (excludes halogenated alkanes) is 34. The predicted octanol–water partition coefficient (Wildman–Crippen LogP) is 17.2. The van der Waals surface area contributed by atoms with Gasteiger partial charge in [-0.1, -0.05) is 224 Å². The van der Waals surface area contributed by atoms with Crippen LogP contribution in [0.5, 0.6) is 0 Å². The van der Waals surface area contributed by atoms with E-state index in [2.05, 4.69) is 38.2 Å². The molecule has 0 saturated heterocycles. The lowest BCUT2D eigenvalue weighted by Crippen LogP contribution is -2.19. The maximum atomic E-state index is 13.1. The van der Waals surface area contributed by atoms with Gasteiger partial charge in [0.05, 0.1) is 24.3 Å². The van der Waals surface area contributed by atoms with Crippen LogP contribution in [-0.4, -0.2) is 38.1 Å². The minimum Gasteiger partial charge on any atom is -0.462 e. The van der Waals surface area contributed by atoms with E-state index in [9.17, 15) is 22.6 Å². The van der Waals surface area contributed by atoms with Crippen LogP contribution in [0.4, 0.5) is 0 Å². The highest BCUT2D eigenvalue weighted by Crippen LogP contribution is 2.23. The van der Waals surface area contributed by atoms with E-state index in [0.717, 1.165) is 44.6 Å². The van der Waals surface area contributed by atoms with Gasteiger partial charge in [-0.15, -0.1) is 0 Å². The molecule has 1 aromatic carbocycles. The van der Waals surface area contributed by atoms with Crippen molar-refractivity contribution in [1.82, 2.24) is 0 Å². The average Bonchev–Trinajstić information content (AvgIpc) is 3.26. The summed E-state index contributed by atoms with van der Waals surface area (Å²) in [5.41, 5.74) is -0.667. The van der Waals surface area contributed by atoms with Gasteiger partial charge >= 0.3 is 11.9 Å². The Bertz CT molecular complexity index is 1370. The van der Waals surface area contributed by atoms with Crippen molar-refractivity contribution in [2.45, 2.75) is 263 Å². The van der Waals surface area contributed by atoms with E-state index in [-0.39, 0.29) is 18.8 Å². The third-order valence-corrected chi connectivity index (χ3v) is 12.9. The second-order valence-corrected chi connectivity index (χ2v) is 19.2. The van der Waals surface area contributed by atoms with Crippen molar-refractivity contribution in [2.75, 3.05) is 13.2 Å². The highest BCUT2D eigenvalue weighted by molar-refractivity contribution is 7.86. The van der Waals surface area contributed by atoms with Gasteiger partial charge in [0.15, 0.2) is 0 Å². The summed E-state index contributed by atoms with van der Waals surface area (Å²) in [6.45, 7) is 4.80. The third kappa shape index (κ3) is 34.0. The lowest BCUT2D eigenvalue weighted by atomic mass is 10.0. The summed E-state index contributed by atoms with van der Waals surface area (Å²) in [7, 11) is -4.77. The summed E-state index contributed by atoms with van der Waals surface area (Å²) < 4.78 is 45.0. The first kappa shape index (κ1) is 57.6. The van der Waals surface area contributed by atoms with Crippen molar-refractivity contribution < 1.29 is 32.0 Å². The van der Waals surface area contributed by atoms with Crippen LogP contribution >= 0.6 is 0 Å². The smallest absolute Gasteiger partial charge is 0.340 e. The molecule has 1 aromatic rings. The summed E-state index contributed by atoms with van der Waals surface area (Å²) in [5, 5.41) is 0. The Morgan fingerprint density at radius 1 is 0.435 bits per heavy atom. The fourth-order valence-corrected chi connectivity index (χ4v) is 8.78. The molecule has 0 fully saturated rings. The highest BCUT2D eigenvalue weighted by atomic mass is 32.2. The van der Waals surface area contributed by atoms with Crippen molar-refractivity contribution in [3.05, 3.63) is 53.6 Å². The van der Waals surface area contributed by atoms with Gasteiger partial charge in [-0.25, -0.2) is 9.59 Å². The molecule has 0 heterocycles. The maximum Gasteiger partial charge on any atom is 0.340 e. The summed E-state index contributed by atoms with van der Waals surface area (Å²) in [5.74, 6) is -1.73. The zero-order valence-corrected chi connectivity index (χ0v) is 40.9. The number of allylic oxidation sites excluding steroid dienone is 4. The number of hydrogen-bond acceptors (Lipinski definition) is 6. The van der Waals surface area contributed by atoms with E-state index in [1.54, 1.807) is 0 Å². The van der Waals surface area contributed by atoms with Gasteiger partial charge in [0.1, 0.15) is 4.90 Å². The SMILES string of the molecule is CCCCC/C=C/CCCCCCCCCCCCCCCCOC(=O)c1cccc(S(=O)(=O)O)c1C(=O)OCCCCCCCCCCCCCCCC/C=C/CCCCC. The molecular formula is C54H94O7S. The minimum atomic E-state index is -4.77. The van der Waals surface area contributed by atoms with Crippen molar-refractivity contribution in [2.24, 2.45) is 0 Å². The highest BCUT2D eigenvalue weighted by Gasteiger charge is 2.28. The molecule has 0 bridgehead atoms. The zero-order valence-electron chi connectivity index (χ0n) is 40.1. The first-order valence-corrected chi connectivity index (χ1v) is 27.5. The molecule has 0 radical (unpaired) electrons. The molecule has 0 saturated carbocycles. The largest absolute Gasteiger partial charge is 0.462 e. The fourth-order valence-electron chi connectivity index (χ4n) is 8.07. The number of carbonyl (C=O) groups excluding carboxylic acids is 2. The zero-order chi connectivity index (χ0) is 45.0. The van der Waals surface area contributed by atoms with Crippen molar-refractivity contribution in [3.63, 3.8) is 0 Å². The minimum absolute atomic E-state index is 0.112. The van der Waals surface area contributed by atoms with Crippen LogP contribution in [0, 0.1) is 0 Å². The second-order valence-electron chi connectivity index (χ2n) is 17.8. The molecule has 62 heavy (non-hydrogen) atoms. The van der Waals surface area contributed by atoms with Gasteiger partial charge in [0.25, 0.3) is 10.1 Å². The molecule has 0 atom stereocenters. The molecule has 1 rings (SSSR count). The molecule has 0 spiro atoms. The van der Waals surface area contributed by atoms with Gasteiger partial charge in [-0.3, -0.25) is 4.55 Å². The molecule has 1 N–H and O–H groups in total. The van der Waals surface area contributed by atoms with Crippen LogP contribution in [0.25, 0.3) is 0 Å². The molecule has 0 aliphatic rings. The number of esters is 2. The second kappa shape index (κ2) is 42.5. The molecule has 358 valence electrons. The Hall–Kier alpha value is -2.45. The standard InChI is InChI=1S/C54H94O7S/c1-3-5-7-9-11-13-15-17-19-21-23-25-27-29-31-33-35-37-39-41-43-48-60-53(55)50-46-45-47-51(62(57,58)59)52(50)54(56)61-49-44-42-40-38-36-34-32-30-28-26-24-22-20-18-16-14-12-10-8-6-4-2/h11-14,45-47H,3-10,15-44,48-49H2,1-2H3,(H,57,58,59)/b13-11+,14-12+. The molecule has 0 unspecified atom stereocenters. The Labute approximate surface area is 382 Å². The van der Waals surface area contributed by atoms with Gasteiger partial charge in [-0.2, -0.15) is 8.42 Å². The first-order valence-electron chi connectivity index (χ1n) is 26.1. The normalized spacial score (nSPS) is 11.9. The van der Waals surface area contributed by atoms with E-state index in [1.807, 2.05) is 0 Å². The molecular weight excluding hydrogens is 793 g/mol. The number of ether oxygens (including phenoxy) is 2. The molecule has 0 aromatic heterocycles. The monoisotopic (exact) mass is 887 g/mol. The lowest BCUT2D eigenvalue weighted by Gasteiger charge is -2.13. The van der Waals surface area contributed by atoms with Gasteiger partial charge in [-0.05, 0) is 76.3 Å². The topological polar surface area (TPSA) is 107 Å². The van der Waals surface area contributed by atoms with Crippen molar-refractivity contribution in [3.8, 4) is 0 Å². The summed E-state index contributed by atoms with van der Waals surface area (Å²) in [6.07, 6.45) is 56.3. The van der Waals surface area contributed by atoms with Crippen LogP contribution in [0.1, 0.15) is 279 Å². The van der Waals surface area contributed by atoms with E-state index < -0.39 is 32.5 Å². The van der Waals surface area contributed by atoms with E-state index in [4.69, 9.17) is 9.47 Å². The third-order valence-electron chi connectivity index (χ3n) is 12.0. The molecule has 0 amide bonds. The van der Waals surface area contributed by atoms with Crippen LogP contribution in [0.2, 0.25) is 0 Å². The van der Waals surface area contributed by atoms with Gasteiger partial charge in [0, 0.05) is 0 Å². The Balaban J connectivity index is 2.13. The quantitative estimate of drug-likeness (QED) is 0.0301. The fraction of sp³-hybridized carbons (Fsp3) is 0.778. The summed E-state index contributed by atoms with van der Waals surface area (Å²) in [4.78, 5) is 25.5. The summed E-state index contributed by atoms with van der Waals surface area (Å²) in [6, 6.07) is 3.78. The van der Waals surface area contributed by atoms with Crippen LogP contribution in [0.3, 0.4) is 0 Å². The van der Waals surface area contributed by atoms with Crippen LogP contribution < -0.4 is 0 Å². The number of benzene rings is 1. The molecule has 8 heteroatoms. The Kier molecular flexibility index (Phi) is 39.5. The molecule has 0 aliphatic heterocycles. The molecule has 7 nitrogen and oxygen atoms in total. The number of carbonyl (C=O) groups is 2. The van der Waals surface area contributed by atoms with E-state index >= 15 is 0 Å². The van der Waals surface area contributed by atoms with Crippen LogP contribution in [0.15, 0.2) is 47.4 Å². The van der Waals surface area contributed by atoms with Crippen LogP contribution in [-0.2, 0) is 19.6 Å². The maximum absolute atomic E-state index is 13.1. The van der Waals surface area contributed by atoms with E-state index in [0.29, 0.717) is 12.8 Å². The van der Waals surface area contributed by atoms with E-state index in [1.165, 1.54) is 205 Å². The molecule has 0 aliphatic carbocycles. The number of hydrogen-bond donors (Lipinski definition) is 1. The van der Waals surface area contributed by atoms with Crippen molar-refractivity contribution >= 4 is 22.1 Å². The van der Waals surface area contributed by atoms with Crippen molar-refractivity contribution in [1.29, 1.82) is 0 Å². The lowest BCUT2D eigenvalue weighted by molar-refractivity contribution is 0.0446. The first-order chi connectivity index (χ1) is 30.3. The van der Waals surface area contributed by atoms with Gasteiger partial charge < -0.3 is 9.47 Å². The predicted molar refractivity (Wildman–Crippen MR) is 262 cm³/mol.